The molecular formula is C19H20N2O2. The van der Waals surface area contributed by atoms with Gasteiger partial charge in [-0.25, -0.2) is 4.79 Å². The molecule has 23 heavy (non-hydrogen) atoms. The van der Waals surface area contributed by atoms with Crippen LogP contribution in [0.4, 0.5) is 10.5 Å². The van der Waals surface area contributed by atoms with Crippen LogP contribution in [0.25, 0.3) is 11.0 Å². The molecule has 0 spiro atoms. The summed E-state index contributed by atoms with van der Waals surface area (Å²) in [6.45, 7) is 3.95. The van der Waals surface area contributed by atoms with Crippen LogP contribution in [-0.4, -0.2) is 18.0 Å². The van der Waals surface area contributed by atoms with Crippen LogP contribution in [0.3, 0.4) is 0 Å². The van der Waals surface area contributed by atoms with Crippen LogP contribution in [-0.2, 0) is 0 Å². The average molecular weight is 308 g/mol. The second kappa shape index (κ2) is 6.16. The number of nitrogens with zero attached hydrogens (tertiary/aromatic N) is 1. The molecule has 1 aromatic heterocycles. The van der Waals surface area contributed by atoms with Gasteiger partial charge in [0.25, 0.3) is 0 Å². The third-order valence-corrected chi connectivity index (χ3v) is 4.03. The summed E-state index contributed by atoms with van der Waals surface area (Å²) in [6.07, 6.45) is 0. The van der Waals surface area contributed by atoms with Crippen molar-refractivity contribution in [3.63, 3.8) is 0 Å². The summed E-state index contributed by atoms with van der Waals surface area (Å²) in [5, 5.41) is 3.96. The smallest absolute Gasteiger partial charge is 0.322 e. The van der Waals surface area contributed by atoms with Gasteiger partial charge >= 0.3 is 6.03 Å². The molecule has 0 radical (unpaired) electrons. The van der Waals surface area contributed by atoms with Crippen molar-refractivity contribution in [1.82, 2.24) is 4.90 Å². The highest BCUT2D eigenvalue weighted by molar-refractivity contribution is 5.89. The Labute approximate surface area is 135 Å². The van der Waals surface area contributed by atoms with E-state index in [-0.39, 0.29) is 12.1 Å². The van der Waals surface area contributed by atoms with E-state index in [9.17, 15) is 4.79 Å². The summed E-state index contributed by atoms with van der Waals surface area (Å²) in [6, 6.07) is 17.2. The maximum Gasteiger partial charge on any atom is 0.322 e. The standard InChI is InChI=1S/C19H20N2O2/c1-13-7-6-9-16(11-13)20-19(22)21(3)14(2)18-12-15-8-4-5-10-17(15)23-18/h4-12,14H,1-3H3,(H,20,22). The number of amides is 2. The van der Waals surface area contributed by atoms with E-state index in [2.05, 4.69) is 5.32 Å². The minimum atomic E-state index is -0.163. The van der Waals surface area contributed by atoms with Gasteiger partial charge in [-0.2, -0.15) is 0 Å². The van der Waals surface area contributed by atoms with Crippen molar-refractivity contribution in [2.75, 3.05) is 12.4 Å². The van der Waals surface area contributed by atoms with Crippen molar-refractivity contribution in [2.24, 2.45) is 0 Å². The van der Waals surface area contributed by atoms with E-state index in [1.807, 2.05) is 68.4 Å². The molecule has 3 aromatic rings. The highest BCUT2D eigenvalue weighted by atomic mass is 16.3. The first-order valence-electron chi connectivity index (χ1n) is 7.63. The number of fused-ring (bicyclic) bond motifs is 1. The molecular weight excluding hydrogens is 288 g/mol. The lowest BCUT2D eigenvalue weighted by Gasteiger charge is -2.23. The maximum atomic E-state index is 12.4. The van der Waals surface area contributed by atoms with Gasteiger partial charge in [0.2, 0.25) is 0 Å². The molecule has 2 aromatic carbocycles. The number of aryl methyl sites for hydroxylation is 1. The van der Waals surface area contributed by atoms with Gasteiger partial charge in [-0.3, -0.25) is 0 Å². The summed E-state index contributed by atoms with van der Waals surface area (Å²) in [5.74, 6) is 0.771. The lowest BCUT2D eigenvalue weighted by molar-refractivity contribution is 0.201. The Kier molecular flexibility index (Phi) is 4.06. The van der Waals surface area contributed by atoms with Crippen LogP contribution in [0.15, 0.2) is 59.0 Å². The maximum absolute atomic E-state index is 12.4. The molecule has 118 valence electrons. The van der Waals surface area contributed by atoms with Crippen molar-refractivity contribution >= 4 is 22.7 Å². The normalized spacial score (nSPS) is 12.1. The topological polar surface area (TPSA) is 45.5 Å². The molecule has 2 amide bonds. The zero-order valence-electron chi connectivity index (χ0n) is 13.5. The summed E-state index contributed by atoms with van der Waals surface area (Å²) >= 11 is 0. The summed E-state index contributed by atoms with van der Waals surface area (Å²) in [7, 11) is 1.77. The monoisotopic (exact) mass is 308 g/mol. The number of furan rings is 1. The van der Waals surface area contributed by atoms with Gasteiger partial charge < -0.3 is 14.6 Å². The van der Waals surface area contributed by atoms with Crippen molar-refractivity contribution in [2.45, 2.75) is 19.9 Å². The van der Waals surface area contributed by atoms with Crippen LogP contribution in [0.2, 0.25) is 0 Å². The lowest BCUT2D eigenvalue weighted by Crippen LogP contribution is -2.33. The van der Waals surface area contributed by atoms with E-state index in [1.54, 1.807) is 11.9 Å². The van der Waals surface area contributed by atoms with Gasteiger partial charge in [0.15, 0.2) is 0 Å². The fourth-order valence-electron chi connectivity index (χ4n) is 2.51. The van der Waals surface area contributed by atoms with Crippen LogP contribution in [0.5, 0.6) is 0 Å². The summed E-state index contributed by atoms with van der Waals surface area (Å²) in [5.41, 5.74) is 2.73. The van der Waals surface area contributed by atoms with Gasteiger partial charge in [-0.05, 0) is 43.7 Å². The number of carbonyl (C=O) groups excluding carboxylic acids is 1. The molecule has 0 saturated carbocycles. The molecule has 0 bridgehead atoms. The summed E-state index contributed by atoms with van der Waals surface area (Å²) in [4.78, 5) is 14.1. The van der Waals surface area contributed by atoms with Gasteiger partial charge in [0, 0.05) is 18.1 Å². The SMILES string of the molecule is Cc1cccc(NC(=O)N(C)C(C)c2cc3ccccc3o2)c1. The van der Waals surface area contributed by atoms with Crippen LogP contribution < -0.4 is 5.32 Å². The molecule has 1 unspecified atom stereocenters. The third kappa shape index (κ3) is 3.21. The lowest BCUT2D eigenvalue weighted by atomic mass is 10.2. The minimum Gasteiger partial charge on any atom is -0.459 e. The van der Waals surface area contributed by atoms with Crippen molar-refractivity contribution < 1.29 is 9.21 Å². The Balaban J connectivity index is 1.75. The second-order valence-corrected chi connectivity index (χ2v) is 5.77. The molecule has 1 N–H and O–H groups in total. The molecule has 0 aliphatic heterocycles. The van der Waals surface area contributed by atoms with Crippen molar-refractivity contribution in [1.29, 1.82) is 0 Å². The van der Waals surface area contributed by atoms with E-state index >= 15 is 0 Å². The molecule has 4 heteroatoms. The largest absolute Gasteiger partial charge is 0.459 e. The molecule has 1 heterocycles. The first-order chi connectivity index (χ1) is 11.0. The first-order valence-corrected chi connectivity index (χ1v) is 7.63. The van der Waals surface area contributed by atoms with E-state index < -0.39 is 0 Å². The number of nitrogens with one attached hydrogen (secondary N) is 1. The number of rotatable bonds is 3. The predicted octanol–water partition coefficient (Wildman–Crippen LogP) is 4.97. The highest BCUT2D eigenvalue weighted by Gasteiger charge is 2.20. The van der Waals surface area contributed by atoms with Crippen LogP contribution in [0, 0.1) is 6.92 Å². The zero-order valence-corrected chi connectivity index (χ0v) is 13.5. The number of para-hydroxylation sites is 1. The Hall–Kier alpha value is -2.75. The fourth-order valence-corrected chi connectivity index (χ4v) is 2.51. The van der Waals surface area contributed by atoms with Gasteiger partial charge in [0.1, 0.15) is 11.3 Å². The Morgan fingerprint density at radius 1 is 1.13 bits per heavy atom. The number of urea groups is 1. The summed E-state index contributed by atoms with van der Waals surface area (Å²) < 4.78 is 5.85. The molecule has 3 rings (SSSR count). The van der Waals surface area contributed by atoms with E-state index in [0.29, 0.717) is 0 Å². The van der Waals surface area contributed by atoms with Gasteiger partial charge in [-0.1, -0.05) is 30.3 Å². The fraction of sp³-hybridized carbons (Fsp3) is 0.211. The number of hydrogen-bond acceptors (Lipinski definition) is 2. The van der Waals surface area contributed by atoms with Gasteiger partial charge in [0.05, 0.1) is 6.04 Å². The zero-order chi connectivity index (χ0) is 16.4. The Morgan fingerprint density at radius 2 is 1.91 bits per heavy atom. The Bertz CT molecular complexity index is 805. The molecule has 0 saturated heterocycles. The van der Waals surface area contributed by atoms with Crippen LogP contribution >= 0.6 is 0 Å². The number of carbonyl (C=O) groups is 1. The minimum absolute atomic E-state index is 0.160. The molecule has 4 nitrogen and oxygen atoms in total. The number of anilines is 1. The van der Waals surface area contributed by atoms with Crippen LogP contribution in [0.1, 0.15) is 24.3 Å². The molecule has 0 aliphatic rings. The van der Waals surface area contributed by atoms with E-state index in [4.69, 9.17) is 4.42 Å². The quantitative estimate of drug-likeness (QED) is 0.742. The van der Waals surface area contributed by atoms with Crippen molar-refractivity contribution in [3.05, 3.63) is 65.9 Å². The van der Waals surface area contributed by atoms with Gasteiger partial charge in [-0.15, -0.1) is 0 Å². The second-order valence-electron chi connectivity index (χ2n) is 5.77. The molecule has 1 atom stereocenters. The number of benzene rings is 2. The van der Waals surface area contributed by atoms with E-state index in [0.717, 1.165) is 28.0 Å². The highest BCUT2D eigenvalue weighted by Crippen LogP contribution is 2.27. The average Bonchev–Trinajstić information content (AvgIpc) is 2.97. The predicted molar refractivity (Wildman–Crippen MR) is 92.6 cm³/mol. The first kappa shape index (κ1) is 15.2. The molecule has 0 aliphatic carbocycles. The van der Waals surface area contributed by atoms with Crippen molar-refractivity contribution in [3.8, 4) is 0 Å². The van der Waals surface area contributed by atoms with E-state index in [1.165, 1.54) is 0 Å². The third-order valence-electron chi connectivity index (χ3n) is 4.03. The Morgan fingerprint density at radius 3 is 2.65 bits per heavy atom. The number of hydrogen-bond donors (Lipinski definition) is 1. The molecule has 0 fully saturated rings.